The molecule has 0 fully saturated rings. The van der Waals surface area contributed by atoms with E-state index in [0.717, 1.165) is 0 Å². The van der Waals surface area contributed by atoms with Gasteiger partial charge in [0.2, 0.25) is 0 Å². The molecular weight excluding hydrogens is 380 g/mol. The predicted molar refractivity (Wildman–Crippen MR) is 110 cm³/mol. The molecule has 7 nitrogen and oxygen atoms in total. The Kier molecular flexibility index (Phi) is 6.90. The van der Waals surface area contributed by atoms with Gasteiger partial charge in [-0.2, -0.15) is 0 Å². The topological polar surface area (TPSA) is 131 Å². The standard InChI is InChI=1S/C20H23ClN4O3/c1-3-15(20(2,22)19(27)28)13-6-4-5-7-14(13)18(26)12-8-9-16(21)17(10-12)24-11-25-23/h4-11,15H,3,22-23H2,1-2H3,(H,24,25)(H,27,28). The molecule has 0 amide bonds. The number of carboxylic acid groups (broad SMARTS) is 1. The van der Waals surface area contributed by atoms with Crippen LogP contribution in [0.4, 0.5) is 5.69 Å². The monoisotopic (exact) mass is 402 g/mol. The van der Waals surface area contributed by atoms with E-state index in [4.69, 9.17) is 23.2 Å². The summed E-state index contributed by atoms with van der Waals surface area (Å²) in [7, 11) is 0. The number of aliphatic imine (C=N–C) groups is 1. The molecule has 2 atom stereocenters. The maximum atomic E-state index is 13.2. The van der Waals surface area contributed by atoms with Crippen LogP contribution in [-0.2, 0) is 4.79 Å². The molecule has 2 aromatic carbocycles. The Balaban J connectivity index is 2.54. The molecule has 28 heavy (non-hydrogen) atoms. The summed E-state index contributed by atoms with van der Waals surface area (Å²) in [4.78, 5) is 28.9. The van der Waals surface area contributed by atoms with Crippen molar-refractivity contribution in [3.05, 3.63) is 64.2 Å². The van der Waals surface area contributed by atoms with E-state index in [1.54, 1.807) is 42.5 Å². The molecule has 0 radical (unpaired) electrons. The number of nitrogens with two attached hydrogens (primary N) is 2. The van der Waals surface area contributed by atoms with Crippen molar-refractivity contribution in [1.82, 2.24) is 5.43 Å². The number of halogens is 1. The highest BCUT2D eigenvalue weighted by atomic mass is 35.5. The first kappa shape index (κ1) is 21.6. The van der Waals surface area contributed by atoms with Crippen LogP contribution in [0, 0.1) is 0 Å². The van der Waals surface area contributed by atoms with Crippen LogP contribution in [0.25, 0.3) is 0 Å². The summed E-state index contributed by atoms with van der Waals surface area (Å²) in [6.45, 7) is 3.30. The van der Waals surface area contributed by atoms with Crippen LogP contribution in [0.15, 0.2) is 47.5 Å². The van der Waals surface area contributed by atoms with E-state index >= 15 is 0 Å². The maximum Gasteiger partial charge on any atom is 0.324 e. The fourth-order valence-electron chi connectivity index (χ4n) is 3.14. The Bertz CT molecular complexity index is 912. The van der Waals surface area contributed by atoms with Gasteiger partial charge in [-0.15, -0.1) is 0 Å². The SMILES string of the molecule is CCC(c1ccccc1C(=O)c1ccc(Cl)c(N=CNN)c1)C(C)(N)C(=O)O. The predicted octanol–water partition coefficient (Wildman–Crippen LogP) is 2.99. The summed E-state index contributed by atoms with van der Waals surface area (Å²) in [6.07, 6.45) is 1.71. The lowest BCUT2D eigenvalue weighted by Crippen LogP contribution is -2.50. The third-order valence-electron chi connectivity index (χ3n) is 4.66. The van der Waals surface area contributed by atoms with E-state index in [2.05, 4.69) is 10.4 Å². The number of nitrogens with zero attached hydrogens (tertiary/aromatic N) is 1. The number of ketones is 1. The van der Waals surface area contributed by atoms with Crippen molar-refractivity contribution in [2.45, 2.75) is 31.7 Å². The van der Waals surface area contributed by atoms with Crippen molar-refractivity contribution in [3.63, 3.8) is 0 Å². The van der Waals surface area contributed by atoms with Gasteiger partial charge in [-0.1, -0.05) is 42.8 Å². The highest BCUT2D eigenvalue weighted by molar-refractivity contribution is 6.33. The van der Waals surface area contributed by atoms with Gasteiger partial charge < -0.3 is 16.3 Å². The fraction of sp³-hybridized carbons (Fsp3) is 0.250. The van der Waals surface area contributed by atoms with E-state index in [1.165, 1.54) is 13.3 Å². The molecule has 0 saturated carbocycles. The average molecular weight is 403 g/mol. The van der Waals surface area contributed by atoms with Crippen molar-refractivity contribution < 1.29 is 14.7 Å². The van der Waals surface area contributed by atoms with Gasteiger partial charge in [0.05, 0.1) is 10.7 Å². The molecule has 0 aliphatic rings. The number of carbonyl (C=O) groups is 2. The summed E-state index contributed by atoms with van der Waals surface area (Å²) in [6, 6.07) is 11.6. The van der Waals surface area contributed by atoms with Gasteiger partial charge in [-0.3, -0.25) is 9.59 Å². The molecule has 0 aliphatic carbocycles. The minimum absolute atomic E-state index is 0.274. The number of carbonyl (C=O) groups excluding carboxylic acids is 1. The Morgan fingerprint density at radius 3 is 2.61 bits per heavy atom. The highest BCUT2D eigenvalue weighted by Gasteiger charge is 2.39. The van der Waals surface area contributed by atoms with Crippen LogP contribution in [0.3, 0.4) is 0 Å². The van der Waals surface area contributed by atoms with Gasteiger partial charge in [-0.05, 0) is 37.1 Å². The summed E-state index contributed by atoms with van der Waals surface area (Å²) in [5.74, 6) is 3.23. The second-order valence-electron chi connectivity index (χ2n) is 6.56. The molecule has 2 rings (SSSR count). The van der Waals surface area contributed by atoms with Crippen LogP contribution in [0.5, 0.6) is 0 Å². The highest BCUT2D eigenvalue weighted by Crippen LogP contribution is 2.34. The van der Waals surface area contributed by atoms with E-state index in [-0.39, 0.29) is 5.78 Å². The van der Waals surface area contributed by atoms with Gasteiger partial charge in [0.1, 0.15) is 11.9 Å². The zero-order chi connectivity index (χ0) is 20.9. The second-order valence-corrected chi connectivity index (χ2v) is 6.96. The van der Waals surface area contributed by atoms with Gasteiger partial charge >= 0.3 is 5.97 Å². The Morgan fingerprint density at radius 1 is 1.32 bits per heavy atom. The lowest BCUT2D eigenvalue weighted by molar-refractivity contribution is -0.143. The number of benzene rings is 2. The van der Waals surface area contributed by atoms with Gasteiger partial charge in [0.25, 0.3) is 0 Å². The number of hydrazine groups is 1. The second kappa shape index (κ2) is 8.97. The molecule has 0 bridgehead atoms. The van der Waals surface area contributed by atoms with Gasteiger partial charge in [0, 0.05) is 17.0 Å². The largest absolute Gasteiger partial charge is 0.480 e. The van der Waals surface area contributed by atoms with Crippen LogP contribution < -0.4 is 17.0 Å². The van der Waals surface area contributed by atoms with Crippen molar-refractivity contribution >= 4 is 35.4 Å². The zero-order valence-electron chi connectivity index (χ0n) is 15.6. The molecule has 0 aromatic heterocycles. The van der Waals surface area contributed by atoms with Crippen molar-refractivity contribution in [3.8, 4) is 0 Å². The fourth-order valence-corrected chi connectivity index (χ4v) is 3.31. The third kappa shape index (κ3) is 4.39. The lowest BCUT2D eigenvalue weighted by atomic mass is 9.77. The van der Waals surface area contributed by atoms with Crippen molar-refractivity contribution in [2.75, 3.05) is 0 Å². The Morgan fingerprint density at radius 2 is 2.00 bits per heavy atom. The first-order valence-electron chi connectivity index (χ1n) is 8.68. The molecule has 2 unspecified atom stereocenters. The number of nitrogens with one attached hydrogen (secondary N) is 1. The van der Waals surface area contributed by atoms with E-state index in [0.29, 0.717) is 33.8 Å². The van der Waals surface area contributed by atoms with Crippen molar-refractivity contribution in [2.24, 2.45) is 16.6 Å². The molecule has 6 N–H and O–H groups in total. The molecule has 0 aliphatic heterocycles. The zero-order valence-corrected chi connectivity index (χ0v) is 16.4. The smallest absolute Gasteiger partial charge is 0.324 e. The maximum absolute atomic E-state index is 13.2. The number of hydrogen-bond donors (Lipinski definition) is 4. The van der Waals surface area contributed by atoms with Crippen LogP contribution in [0.2, 0.25) is 5.02 Å². The molecule has 2 aromatic rings. The van der Waals surface area contributed by atoms with E-state index in [1.807, 2.05) is 6.92 Å². The number of rotatable bonds is 8. The molecule has 0 saturated heterocycles. The summed E-state index contributed by atoms with van der Waals surface area (Å²) >= 11 is 6.11. The summed E-state index contributed by atoms with van der Waals surface area (Å²) in [5.41, 5.74) is 8.57. The normalized spacial score (nSPS) is 14.5. The molecule has 8 heteroatoms. The van der Waals surface area contributed by atoms with Crippen LogP contribution >= 0.6 is 11.6 Å². The number of hydrogen-bond acceptors (Lipinski definition) is 5. The third-order valence-corrected chi connectivity index (χ3v) is 4.98. The molecular formula is C20H23ClN4O3. The van der Waals surface area contributed by atoms with E-state index in [9.17, 15) is 14.7 Å². The first-order valence-corrected chi connectivity index (χ1v) is 9.05. The quantitative estimate of drug-likeness (QED) is 0.176. The first-order chi connectivity index (χ1) is 13.2. The van der Waals surface area contributed by atoms with Gasteiger partial charge in [-0.25, -0.2) is 10.8 Å². The van der Waals surface area contributed by atoms with Gasteiger partial charge in [0.15, 0.2) is 5.78 Å². The molecule has 148 valence electrons. The minimum atomic E-state index is -1.52. The molecule has 0 spiro atoms. The summed E-state index contributed by atoms with van der Waals surface area (Å²) < 4.78 is 0. The molecule has 0 heterocycles. The number of carboxylic acids is 1. The average Bonchev–Trinajstić information content (AvgIpc) is 2.67. The van der Waals surface area contributed by atoms with Crippen molar-refractivity contribution in [1.29, 1.82) is 0 Å². The van der Waals surface area contributed by atoms with E-state index < -0.39 is 17.4 Å². The van der Waals surface area contributed by atoms with Crippen LogP contribution in [0.1, 0.15) is 47.7 Å². The summed E-state index contributed by atoms with van der Waals surface area (Å²) in [5, 5.41) is 9.91. The lowest BCUT2D eigenvalue weighted by Gasteiger charge is -2.31. The minimum Gasteiger partial charge on any atom is -0.480 e. The Hall–Kier alpha value is -2.74. The van der Waals surface area contributed by atoms with Crippen LogP contribution in [-0.4, -0.2) is 28.7 Å². The number of aliphatic carboxylic acids is 1. The Labute approximate surface area is 168 Å².